The van der Waals surface area contributed by atoms with E-state index in [1.165, 1.54) is 43.2 Å². The highest BCUT2D eigenvalue weighted by atomic mass is 16.5. The standard InChI is InChI=1S/C18H25NO/c1-2-13-7-9-18(10-8-13)12-19-16-11-14-5-3-4-6-15(14)17(16)20-18/h3-6,13,16-17,19H,2,7-12H2,1H3. The highest BCUT2D eigenvalue weighted by Crippen LogP contribution is 2.45. The summed E-state index contributed by atoms with van der Waals surface area (Å²) in [7, 11) is 0. The summed E-state index contributed by atoms with van der Waals surface area (Å²) in [6.07, 6.45) is 7.92. The Kier molecular flexibility index (Phi) is 3.12. The van der Waals surface area contributed by atoms with Gasteiger partial charge in [-0.05, 0) is 49.1 Å². The number of morpholine rings is 1. The summed E-state index contributed by atoms with van der Waals surface area (Å²) >= 11 is 0. The molecule has 1 spiro atoms. The minimum atomic E-state index is 0.115. The number of fused-ring (bicyclic) bond motifs is 3. The second-order valence-electron chi connectivity index (χ2n) is 6.96. The fraction of sp³-hybridized carbons (Fsp3) is 0.667. The monoisotopic (exact) mass is 271 g/mol. The Morgan fingerprint density at radius 3 is 2.85 bits per heavy atom. The molecule has 2 fully saturated rings. The Balaban J connectivity index is 1.54. The second kappa shape index (κ2) is 4.85. The third kappa shape index (κ3) is 2.01. The molecule has 108 valence electrons. The molecule has 1 aromatic rings. The van der Waals surface area contributed by atoms with Crippen molar-refractivity contribution in [2.75, 3.05) is 6.54 Å². The molecule has 2 nitrogen and oxygen atoms in total. The van der Waals surface area contributed by atoms with E-state index >= 15 is 0 Å². The van der Waals surface area contributed by atoms with Crippen molar-refractivity contribution >= 4 is 0 Å². The van der Waals surface area contributed by atoms with Crippen molar-refractivity contribution in [1.82, 2.24) is 5.32 Å². The molecule has 0 aromatic heterocycles. The van der Waals surface area contributed by atoms with E-state index in [0.717, 1.165) is 18.9 Å². The van der Waals surface area contributed by atoms with E-state index in [0.29, 0.717) is 6.04 Å². The molecule has 1 saturated heterocycles. The number of rotatable bonds is 1. The van der Waals surface area contributed by atoms with Crippen LogP contribution < -0.4 is 5.32 Å². The first-order valence-corrected chi connectivity index (χ1v) is 8.29. The molecule has 1 aliphatic heterocycles. The van der Waals surface area contributed by atoms with E-state index < -0.39 is 0 Å². The predicted octanol–water partition coefficient (Wildman–Crippen LogP) is 3.61. The van der Waals surface area contributed by atoms with Gasteiger partial charge in [0.15, 0.2) is 0 Å². The molecule has 3 aliphatic rings. The Morgan fingerprint density at radius 1 is 1.25 bits per heavy atom. The molecule has 2 atom stereocenters. The van der Waals surface area contributed by atoms with E-state index in [2.05, 4.69) is 36.5 Å². The molecule has 2 heteroatoms. The van der Waals surface area contributed by atoms with Crippen molar-refractivity contribution in [3.05, 3.63) is 35.4 Å². The summed E-state index contributed by atoms with van der Waals surface area (Å²) in [5.41, 5.74) is 3.03. The quantitative estimate of drug-likeness (QED) is 0.842. The molecule has 2 unspecified atom stereocenters. The van der Waals surface area contributed by atoms with Gasteiger partial charge in [0.1, 0.15) is 0 Å². The van der Waals surface area contributed by atoms with Crippen molar-refractivity contribution < 1.29 is 4.74 Å². The highest BCUT2D eigenvalue weighted by Gasteiger charge is 2.46. The fourth-order valence-electron chi connectivity index (χ4n) is 4.42. The zero-order chi connectivity index (χ0) is 13.6. The van der Waals surface area contributed by atoms with Gasteiger partial charge in [0.05, 0.1) is 11.7 Å². The van der Waals surface area contributed by atoms with Gasteiger partial charge in [-0.2, -0.15) is 0 Å². The first-order valence-electron chi connectivity index (χ1n) is 8.29. The Bertz CT molecular complexity index is 484. The minimum Gasteiger partial charge on any atom is -0.364 e. The van der Waals surface area contributed by atoms with Gasteiger partial charge in [0, 0.05) is 12.6 Å². The Morgan fingerprint density at radius 2 is 2.05 bits per heavy atom. The third-order valence-corrected chi connectivity index (χ3v) is 5.82. The van der Waals surface area contributed by atoms with Crippen molar-refractivity contribution in [1.29, 1.82) is 0 Å². The number of benzene rings is 1. The average molecular weight is 271 g/mol. The maximum atomic E-state index is 6.70. The molecular weight excluding hydrogens is 246 g/mol. The fourth-order valence-corrected chi connectivity index (χ4v) is 4.42. The van der Waals surface area contributed by atoms with Crippen LogP contribution in [0.2, 0.25) is 0 Å². The largest absolute Gasteiger partial charge is 0.364 e. The lowest BCUT2D eigenvalue weighted by Gasteiger charge is -2.47. The molecule has 1 N–H and O–H groups in total. The normalized spacial score (nSPS) is 39.5. The zero-order valence-corrected chi connectivity index (χ0v) is 12.4. The molecule has 2 aliphatic carbocycles. The highest BCUT2D eigenvalue weighted by molar-refractivity contribution is 5.37. The molecule has 0 amide bonds. The first kappa shape index (κ1) is 12.8. The van der Waals surface area contributed by atoms with Crippen LogP contribution in [0.3, 0.4) is 0 Å². The lowest BCUT2D eigenvalue weighted by molar-refractivity contribution is -0.153. The number of hydrogen-bond donors (Lipinski definition) is 1. The van der Waals surface area contributed by atoms with E-state index in [4.69, 9.17) is 4.74 Å². The van der Waals surface area contributed by atoms with Gasteiger partial charge in [0.2, 0.25) is 0 Å². The SMILES string of the molecule is CCC1CCC2(CC1)CNC1Cc3ccccc3C1O2. The first-order chi connectivity index (χ1) is 9.80. The molecule has 20 heavy (non-hydrogen) atoms. The summed E-state index contributed by atoms with van der Waals surface area (Å²) in [6.45, 7) is 3.38. The van der Waals surface area contributed by atoms with Crippen molar-refractivity contribution in [3.63, 3.8) is 0 Å². The molecule has 0 radical (unpaired) electrons. The molecule has 4 rings (SSSR count). The van der Waals surface area contributed by atoms with Crippen LogP contribution in [0.4, 0.5) is 0 Å². The molecule has 1 aromatic carbocycles. The maximum absolute atomic E-state index is 6.70. The smallest absolute Gasteiger partial charge is 0.0991 e. The van der Waals surface area contributed by atoms with Crippen LogP contribution >= 0.6 is 0 Å². The Hall–Kier alpha value is -0.860. The summed E-state index contributed by atoms with van der Waals surface area (Å²) in [5.74, 6) is 0.929. The van der Waals surface area contributed by atoms with E-state index in [1.54, 1.807) is 0 Å². The van der Waals surface area contributed by atoms with Gasteiger partial charge in [0.25, 0.3) is 0 Å². The number of hydrogen-bond acceptors (Lipinski definition) is 2. The van der Waals surface area contributed by atoms with E-state index in [1.807, 2.05) is 0 Å². The lowest BCUT2D eigenvalue weighted by Crippen LogP contribution is -2.56. The van der Waals surface area contributed by atoms with Gasteiger partial charge in [-0.3, -0.25) is 0 Å². The summed E-state index contributed by atoms with van der Waals surface area (Å²) in [6, 6.07) is 9.33. The minimum absolute atomic E-state index is 0.115. The maximum Gasteiger partial charge on any atom is 0.0991 e. The zero-order valence-electron chi connectivity index (χ0n) is 12.4. The summed E-state index contributed by atoms with van der Waals surface area (Å²) in [5, 5.41) is 3.80. The van der Waals surface area contributed by atoms with Crippen LogP contribution in [-0.4, -0.2) is 18.2 Å². The van der Waals surface area contributed by atoms with Gasteiger partial charge in [-0.15, -0.1) is 0 Å². The predicted molar refractivity (Wildman–Crippen MR) is 80.7 cm³/mol. The third-order valence-electron chi connectivity index (χ3n) is 5.82. The van der Waals surface area contributed by atoms with Gasteiger partial charge >= 0.3 is 0 Å². The van der Waals surface area contributed by atoms with Crippen molar-refractivity contribution in [2.45, 2.75) is 63.2 Å². The average Bonchev–Trinajstić information content (AvgIpc) is 2.86. The number of ether oxygens (including phenoxy) is 1. The van der Waals surface area contributed by atoms with Crippen LogP contribution in [0.1, 0.15) is 56.3 Å². The van der Waals surface area contributed by atoms with Crippen LogP contribution in [-0.2, 0) is 11.2 Å². The van der Waals surface area contributed by atoms with E-state index in [9.17, 15) is 0 Å². The van der Waals surface area contributed by atoms with Gasteiger partial charge in [-0.25, -0.2) is 0 Å². The molecule has 1 heterocycles. The van der Waals surface area contributed by atoms with E-state index in [-0.39, 0.29) is 11.7 Å². The number of nitrogens with one attached hydrogen (secondary N) is 1. The molecular formula is C18H25NO. The lowest BCUT2D eigenvalue weighted by atomic mass is 9.76. The van der Waals surface area contributed by atoms with Crippen molar-refractivity contribution in [2.24, 2.45) is 5.92 Å². The molecule has 1 saturated carbocycles. The van der Waals surface area contributed by atoms with Crippen LogP contribution in [0.5, 0.6) is 0 Å². The second-order valence-corrected chi connectivity index (χ2v) is 6.96. The summed E-state index contributed by atoms with van der Waals surface area (Å²) in [4.78, 5) is 0. The van der Waals surface area contributed by atoms with Crippen LogP contribution in [0.25, 0.3) is 0 Å². The van der Waals surface area contributed by atoms with Gasteiger partial charge < -0.3 is 10.1 Å². The summed E-state index contributed by atoms with van der Waals surface area (Å²) < 4.78 is 6.70. The van der Waals surface area contributed by atoms with Crippen LogP contribution in [0, 0.1) is 5.92 Å². The van der Waals surface area contributed by atoms with Crippen molar-refractivity contribution in [3.8, 4) is 0 Å². The molecule has 0 bridgehead atoms. The Labute approximate surface area is 121 Å². The topological polar surface area (TPSA) is 21.3 Å². The van der Waals surface area contributed by atoms with Crippen LogP contribution in [0.15, 0.2) is 24.3 Å². The van der Waals surface area contributed by atoms with Gasteiger partial charge in [-0.1, -0.05) is 37.6 Å².